The molecule has 0 spiro atoms. The molecule has 3 nitrogen and oxygen atoms in total. The standard InChI is InChI=1S/C19H18ClNO2S/c20-15-8-5-14(6-9-15)19-21(11-12-24-19)18(22)17-10-7-13-3-1-2-4-16(13)23-17/h1-6,8-9,17,19H,7,10-12H2. The molecule has 124 valence electrons. The zero-order valence-electron chi connectivity index (χ0n) is 13.2. The van der Waals surface area contributed by atoms with Gasteiger partial charge in [0.25, 0.3) is 5.91 Å². The minimum absolute atomic E-state index is 0.0514. The third kappa shape index (κ3) is 3.01. The number of rotatable bonds is 2. The number of thioether (sulfide) groups is 1. The molecule has 0 N–H and O–H groups in total. The van der Waals surface area contributed by atoms with Crippen molar-refractivity contribution in [1.29, 1.82) is 0 Å². The second-order valence-corrected chi connectivity index (χ2v) is 7.68. The van der Waals surface area contributed by atoms with Gasteiger partial charge in [0.05, 0.1) is 0 Å². The van der Waals surface area contributed by atoms with Crippen molar-refractivity contribution >= 4 is 29.3 Å². The van der Waals surface area contributed by atoms with Crippen molar-refractivity contribution in [3.05, 3.63) is 64.7 Å². The van der Waals surface area contributed by atoms with E-state index >= 15 is 0 Å². The molecule has 0 saturated carbocycles. The molecule has 4 rings (SSSR count). The second-order valence-electron chi connectivity index (χ2n) is 6.06. The molecule has 2 aromatic carbocycles. The van der Waals surface area contributed by atoms with E-state index in [1.165, 1.54) is 5.56 Å². The fourth-order valence-electron chi connectivity index (χ4n) is 3.28. The van der Waals surface area contributed by atoms with Gasteiger partial charge in [0, 0.05) is 17.3 Å². The molecule has 1 saturated heterocycles. The summed E-state index contributed by atoms with van der Waals surface area (Å²) in [5.41, 5.74) is 2.30. The zero-order valence-corrected chi connectivity index (χ0v) is 14.7. The lowest BCUT2D eigenvalue weighted by atomic mass is 10.0. The normalized spacial score (nSPS) is 22.8. The van der Waals surface area contributed by atoms with Crippen molar-refractivity contribution in [2.75, 3.05) is 12.3 Å². The van der Waals surface area contributed by atoms with Crippen molar-refractivity contribution in [2.45, 2.75) is 24.3 Å². The molecule has 5 heteroatoms. The van der Waals surface area contributed by atoms with Crippen LogP contribution in [0.2, 0.25) is 5.02 Å². The van der Waals surface area contributed by atoms with Crippen molar-refractivity contribution in [3.8, 4) is 5.75 Å². The van der Waals surface area contributed by atoms with Crippen LogP contribution >= 0.6 is 23.4 Å². The molecular formula is C19H18ClNO2S. The summed E-state index contributed by atoms with van der Waals surface area (Å²) in [5, 5.41) is 0.766. The van der Waals surface area contributed by atoms with E-state index in [9.17, 15) is 4.79 Å². The van der Waals surface area contributed by atoms with Gasteiger partial charge in [-0.25, -0.2) is 0 Å². The predicted molar refractivity (Wildman–Crippen MR) is 97.5 cm³/mol. The van der Waals surface area contributed by atoms with Crippen LogP contribution in [-0.2, 0) is 11.2 Å². The first kappa shape index (κ1) is 15.9. The Labute approximate surface area is 150 Å². The van der Waals surface area contributed by atoms with Gasteiger partial charge in [0.15, 0.2) is 6.10 Å². The van der Waals surface area contributed by atoms with Gasteiger partial charge >= 0.3 is 0 Å². The summed E-state index contributed by atoms with van der Waals surface area (Å²) >= 11 is 7.77. The highest BCUT2D eigenvalue weighted by atomic mass is 35.5. The molecule has 1 amide bonds. The number of benzene rings is 2. The Kier molecular flexibility index (Phi) is 4.42. The number of amides is 1. The van der Waals surface area contributed by atoms with Crippen LogP contribution in [0.1, 0.15) is 22.9 Å². The third-order valence-corrected chi connectivity index (χ3v) is 6.03. The van der Waals surface area contributed by atoms with E-state index < -0.39 is 0 Å². The molecule has 0 radical (unpaired) electrons. The van der Waals surface area contributed by atoms with Crippen molar-refractivity contribution in [1.82, 2.24) is 4.90 Å². The zero-order chi connectivity index (χ0) is 16.5. The highest BCUT2D eigenvalue weighted by molar-refractivity contribution is 7.99. The van der Waals surface area contributed by atoms with Crippen molar-refractivity contribution < 1.29 is 9.53 Å². The van der Waals surface area contributed by atoms with Gasteiger partial charge in [-0.1, -0.05) is 41.9 Å². The molecule has 1 fully saturated rings. The maximum atomic E-state index is 13.0. The number of halogens is 1. The van der Waals surface area contributed by atoms with Gasteiger partial charge < -0.3 is 9.64 Å². The van der Waals surface area contributed by atoms with Gasteiger partial charge in [-0.05, 0) is 42.2 Å². The number of nitrogens with zero attached hydrogens (tertiary/aromatic N) is 1. The van der Waals surface area contributed by atoms with Gasteiger partial charge in [-0.15, -0.1) is 11.8 Å². The first-order chi connectivity index (χ1) is 11.7. The van der Waals surface area contributed by atoms with E-state index in [1.807, 2.05) is 47.4 Å². The Balaban J connectivity index is 1.52. The molecule has 2 atom stereocenters. The molecule has 24 heavy (non-hydrogen) atoms. The van der Waals surface area contributed by atoms with Gasteiger partial charge in [-0.2, -0.15) is 0 Å². The Morgan fingerprint density at radius 3 is 2.79 bits per heavy atom. The molecule has 0 bridgehead atoms. The average molecular weight is 360 g/mol. The monoisotopic (exact) mass is 359 g/mol. The number of carbonyl (C=O) groups is 1. The number of hydrogen-bond acceptors (Lipinski definition) is 3. The van der Waals surface area contributed by atoms with E-state index in [-0.39, 0.29) is 17.4 Å². The molecule has 2 aromatic rings. The largest absolute Gasteiger partial charge is 0.480 e. The lowest BCUT2D eigenvalue weighted by Crippen LogP contribution is -2.43. The summed E-state index contributed by atoms with van der Waals surface area (Å²) in [6.45, 7) is 0.762. The quantitative estimate of drug-likeness (QED) is 0.800. The lowest BCUT2D eigenvalue weighted by molar-refractivity contribution is -0.139. The highest BCUT2D eigenvalue weighted by Crippen LogP contribution is 2.39. The molecule has 2 aliphatic rings. The number of aryl methyl sites for hydroxylation is 1. The number of para-hydroxylation sites is 1. The summed E-state index contributed by atoms with van der Waals surface area (Å²) in [7, 11) is 0. The fourth-order valence-corrected chi connectivity index (χ4v) is 4.67. The second kappa shape index (κ2) is 6.69. The van der Waals surface area contributed by atoms with E-state index in [0.29, 0.717) is 5.02 Å². The number of fused-ring (bicyclic) bond motifs is 1. The van der Waals surface area contributed by atoms with E-state index in [0.717, 1.165) is 36.5 Å². The SMILES string of the molecule is O=C(C1CCc2ccccc2O1)N1CCSC1c1ccc(Cl)cc1. The minimum Gasteiger partial charge on any atom is -0.480 e. The van der Waals surface area contributed by atoms with Crippen LogP contribution in [0.5, 0.6) is 5.75 Å². The van der Waals surface area contributed by atoms with E-state index in [4.69, 9.17) is 16.3 Å². The summed E-state index contributed by atoms with van der Waals surface area (Å²) < 4.78 is 5.99. The Morgan fingerprint density at radius 2 is 1.96 bits per heavy atom. The van der Waals surface area contributed by atoms with Gasteiger partial charge in [-0.3, -0.25) is 4.79 Å². The van der Waals surface area contributed by atoms with Crippen LogP contribution in [0.3, 0.4) is 0 Å². The van der Waals surface area contributed by atoms with Crippen molar-refractivity contribution in [3.63, 3.8) is 0 Å². The number of carbonyl (C=O) groups excluding carboxylic acids is 1. The number of hydrogen-bond donors (Lipinski definition) is 0. The maximum Gasteiger partial charge on any atom is 0.264 e. The van der Waals surface area contributed by atoms with Crippen molar-refractivity contribution in [2.24, 2.45) is 0 Å². The Hall–Kier alpha value is -1.65. The van der Waals surface area contributed by atoms with Gasteiger partial charge in [0.2, 0.25) is 0 Å². The molecule has 2 heterocycles. The lowest BCUT2D eigenvalue weighted by Gasteiger charge is -2.31. The van der Waals surface area contributed by atoms with E-state index in [2.05, 4.69) is 6.07 Å². The predicted octanol–water partition coefficient (Wildman–Crippen LogP) is 4.31. The van der Waals surface area contributed by atoms with Crippen LogP contribution in [-0.4, -0.2) is 29.2 Å². The molecule has 0 aromatic heterocycles. The van der Waals surface area contributed by atoms with Crippen LogP contribution in [0.15, 0.2) is 48.5 Å². The molecule has 2 aliphatic heterocycles. The van der Waals surface area contributed by atoms with Crippen LogP contribution in [0.4, 0.5) is 0 Å². The first-order valence-corrected chi connectivity index (χ1v) is 9.57. The van der Waals surface area contributed by atoms with Crippen LogP contribution in [0.25, 0.3) is 0 Å². The summed E-state index contributed by atoms with van der Waals surface area (Å²) in [4.78, 5) is 15.0. The topological polar surface area (TPSA) is 29.5 Å². The smallest absolute Gasteiger partial charge is 0.264 e. The molecular weight excluding hydrogens is 342 g/mol. The van der Waals surface area contributed by atoms with Gasteiger partial charge in [0.1, 0.15) is 11.1 Å². The first-order valence-electron chi connectivity index (χ1n) is 8.14. The summed E-state index contributed by atoms with van der Waals surface area (Å²) in [5.74, 6) is 1.88. The Bertz CT molecular complexity index is 749. The highest BCUT2D eigenvalue weighted by Gasteiger charge is 2.36. The maximum absolute atomic E-state index is 13.0. The van der Waals surface area contributed by atoms with Crippen LogP contribution < -0.4 is 4.74 Å². The number of ether oxygens (including phenoxy) is 1. The average Bonchev–Trinajstić information content (AvgIpc) is 3.11. The third-order valence-electron chi connectivity index (χ3n) is 4.52. The summed E-state index contributed by atoms with van der Waals surface area (Å²) in [6.07, 6.45) is 1.25. The Morgan fingerprint density at radius 1 is 1.17 bits per heavy atom. The molecule has 2 unspecified atom stereocenters. The minimum atomic E-state index is -0.381. The van der Waals surface area contributed by atoms with E-state index in [1.54, 1.807) is 11.8 Å². The fraction of sp³-hybridized carbons (Fsp3) is 0.316. The molecule has 0 aliphatic carbocycles. The summed E-state index contributed by atoms with van der Waals surface area (Å²) in [6, 6.07) is 15.7. The van der Waals surface area contributed by atoms with Crippen LogP contribution in [0, 0.1) is 0 Å².